The molecule has 0 spiro atoms. The van der Waals surface area contributed by atoms with E-state index in [2.05, 4.69) is 17.5 Å². The lowest BCUT2D eigenvalue weighted by atomic mass is 10.2. The first-order chi connectivity index (χ1) is 15.5. The Labute approximate surface area is 195 Å². The van der Waals surface area contributed by atoms with Crippen LogP contribution in [0.25, 0.3) is 10.9 Å². The molecular formula is C22H22F3N3O3S2. The first kappa shape index (κ1) is 23.7. The van der Waals surface area contributed by atoms with Gasteiger partial charge in [-0.25, -0.2) is 12.4 Å². The Hall–Kier alpha value is -2.50. The average molecular weight is 498 g/mol. The quantitative estimate of drug-likeness (QED) is 0.559. The predicted octanol–water partition coefficient (Wildman–Crippen LogP) is 3.71. The molecule has 6 nitrogen and oxygen atoms in total. The monoisotopic (exact) mass is 497 g/mol. The van der Waals surface area contributed by atoms with Gasteiger partial charge in [-0.05, 0) is 55.1 Å². The number of carbonyl (C=O) groups is 1. The summed E-state index contributed by atoms with van der Waals surface area (Å²) in [6, 6.07) is 9.83. The zero-order chi connectivity index (χ0) is 24.0. The molecule has 11 heteroatoms. The summed E-state index contributed by atoms with van der Waals surface area (Å²) >= 11 is 4.25. The van der Waals surface area contributed by atoms with Gasteiger partial charge in [0.25, 0.3) is 15.9 Å². The van der Waals surface area contributed by atoms with Crippen LogP contribution >= 0.6 is 12.6 Å². The summed E-state index contributed by atoms with van der Waals surface area (Å²) in [6.45, 7) is 2.20. The molecule has 1 aromatic heterocycles. The van der Waals surface area contributed by atoms with E-state index in [0.29, 0.717) is 37.3 Å². The number of benzene rings is 2. The van der Waals surface area contributed by atoms with Gasteiger partial charge in [-0.15, -0.1) is 0 Å². The molecule has 176 valence electrons. The summed E-state index contributed by atoms with van der Waals surface area (Å²) in [4.78, 5) is 16.7. The standard InChI is InChI=1S/C22H22F3N3O3S2/c1-26-8-10-27(11-9-26)21(29)20-13-16-12-15(14-32)2-7-19(16)28(20)33(30,31)18-5-3-17(4-6-18)22(23,24)25/h2-7,12-13,32H,8-11,14H2,1H3. The number of alkyl halides is 3. The molecule has 0 bridgehead atoms. The summed E-state index contributed by atoms with van der Waals surface area (Å²) in [7, 11) is -2.42. The number of hydrogen-bond acceptors (Lipinski definition) is 5. The van der Waals surface area contributed by atoms with Gasteiger partial charge >= 0.3 is 6.18 Å². The second kappa shape index (κ2) is 8.69. The first-order valence-electron chi connectivity index (χ1n) is 10.2. The molecule has 2 aromatic carbocycles. The van der Waals surface area contributed by atoms with E-state index in [4.69, 9.17) is 0 Å². The van der Waals surface area contributed by atoms with Crippen molar-refractivity contribution in [1.82, 2.24) is 13.8 Å². The van der Waals surface area contributed by atoms with Gasteiger partial charge < -0.3 is 9.80 Å². The van der Waals surface area contributed by atoms with Crippen LogP contribution in [0.3, 0.4) is 0 Å². The number of piperazine rings is 1. The maximum atomic E-state index is 13.6. The summed E-state index contributed by atoms with van der Waals surface area (Å²) in [5, 5.41) is 0.537. The van der Waals surface area contributed by atoms with Crippen LogP contribution in [0.4, 0.5) is 13.2 Å². The van der Waals surface area contributed by atoms with Crippen molar-refractivity contribution in [3.05, 3.63) is 65.4 Å². The predicted molar refractivity (Wildman–Crippen MR) is 122 cm³/mol. The molecule has 1 amide bonds. The van der Waals surface area contributed by atoms with E-state index < -0.39 is 27.7 Å². The van der Waals surface area contributed by atoms with Crippen molar-refractivity contribution in [1.29, 1.82) is 0 Å². The highest BCUT2D eigenvalue weighted by atomic mass is 32.2. The maximum absolute atomic E-state index is 13.6. The van der Waals surface area contributed by atoms with Gasteiger partial charge in [-0.1, -0.05) is 6.07 Å². The highest BCUT2D eigenvalue weighted by Gasteiger charge is 2.33. The van der Waals surface area contributed by atoms with Crippen molar-refractivity contribution in [2.75, 3.05) is 33.2 Å². The van der Waals surface area contributed by atoms with Crippen LogP contribution < -0.4 is 0 Å². The topological polar surface area (TPSA) is 62.6 Å². The van der Waals surface area contributed by atoms with Gasteiger partial charge in [0.15, 0.2) is 0 Å². The Kier molecular flexibility index (Phi) is 6.23. The summed E-state index contributed by atoms with van der Waals surface area (Å²) in [6.07, 6.45) is -4.59. The fourth-order valence-corrected chi connectivity index (χ4v) is 5.54. The molecule has 0 N–H and O–H groups in total. The van der Waals surface area contributed by atoms with Crippen LogP contribution in [0.2, 0.25) is 0 Å². The third-order valence-electron chi connectivity index (χ3n) is 5.73. The molecule has 3 aromatic rings. The van der Waals surface area contributed by atoms with Crippen LogP contribution in [0.5, 0.6) is 0 Å². The highest BCUT2D eigenvalue weighted by molar-refractivity contribution is 7.90. The average Bonchev–Trinajstić information content (AvgIpc) is 3.18. The fourth-order valence-electron chi connectivity index (χ4n) is 3.84. The normalized spacial score (nSPS) is 15.8. The Morgan fingerprint density at radius 2 is 1.64 bits per heavy atom. The van der Waals surface area contributed by atoms with Gasteiger partial charge in [0.05, 0.1) is 16.0 Å². The minimum Gasteiger partial charge on any atom is -0.335 e. The minimum atomic E-state index is -4.59. The number of nitrogens with zero attached hydrogens (tertiary/aromatic N) is 3. The van der Waals surface area contributed by atoms with E-state index in [1.807, 2.05) is 7.05 Å². The van der Waals surface area contributed by atoms with Crippen molar-refractivity contribution in [2.45, 2.75) is 16.8 Å². The molecule has 4 rings (SSSR count). The van der Waals surface area contributed by atoms with E-state index in [1.165, 1.54) is 6.07 Å². The smallest absolute Gasteiger partial charge is 0.335 e. The Morgan fingerprint density at radius 3 is 2.21 bits per heavy atom. The molecule has 0 radical (unpaired) electrons. The van der Waals surface area contributed by atoms with Crippen LogP contribution in [0.15, 0.2) is 53.4 Å². The molecule has 1 saturated heterocycles. The molecular weight excluding hydrogens is 475 g/mol. The third-order valence-corrected chi connectivity index (χ3v) is 7.84. The number of thiol groups is 1. The van der Waals surface area contributed by atoms with E-state index >= 15 is 0 Å². The summed E-state index contributed by atoms with van der Waals surface area (Å²) in [5.41, 5.74) is 0.114. The van der Waals surface area contributed by atoms with Crippen LogP contribution in [-0.4, -0.2) is 61.3 Å². The van der Waals surface area contributed by atoms with Crippen LogP contribution in [0, 0.1) is 0 Å². The number of carbonyl (C=O) groups excluding carboxylic acids is 1. The number of rotatable bonds is 4. The Balaban J connectivity index is 1.86. The van der Waals surface area contributed by atoms with Gasteiger partial charge in [-0.3, -0.25) is 4.79 Å². The molecule has 1 aliphatic rings. The summed E-state index contributed by atoms with van der Waals surface area (Å²) in [5.74, 6) is -0.0173. The van der Waals surface area contributed by atoms with Gasteiger partial charge in [-0.2, -0.15) is 25.8 Å². The number of aromatic nitrogens is 1. The lowest BCUT2D eigenvalue weighted by molar-refractivity contribution is -0.137. The van der Waals surface area contributed by atoms with Gasteiger partial charge in [0, 0.05) is 37.3 Å². The number of likely N-dealkylation sites (N-methyl/N-ethyl adjacent to an activating group) is 1. The zero-order valence-corrected chi connectivity index (χ0v) is 19.4. The summed E-state index contributed by atoms with van der Waals surface area (Å²) < 4.78 is 67.0. The van der Waals surface area contributed by atoms with E-state index in [9.17, 15) is 26.4 Å². The van der Waals surface area contributed by atoms with Gasteiger partial charge in [0.1, 0.15) is 5.69 Å². The molecule has 2 heterocycles. The first-order valence-corrected chi connectivity index (χ1v) is 12.3. The fraction of sp³-hybridized carbons (Fsp3) is 0.318. The number of hydrogen-bond donors (Lipinski definition) is 1. The maximum Gasteiger partial charge on any atom is 0.416 e. The Morgan fingerprint density at radius 1 is 1.00 bits per heavy atom. The van der Waals surface area contributed by atoms with E-state index in [1.54, 1.807) is 23.1 Å². The van der Waals surface area contributed by atoms with Crippen molar-refractivity contribution in [2.24, 2.45) is 0 Å². The SMILES string of the molecule is CN1CCN(C(=O)c2cc3cc(CS)ccc3n2S(=O)(=O)c2ccc(C(F)(F)F)cc2)CC1. The molecule has 0 atom stereocenters. The van der Waals surface area contributed by atoms with Crippen LogP contribution in [0.1, 0.15) is 21.6 Å². The zero-order valence-electron chi connectivity index (χ0n) is 17.7. The lowest BCUT2D eigenvalue weighted by Crippen LogP contribution is -2.47. The van der Waals surface area contributed by atoms with Crippen molar-refractivity contribution in [3.8, 4) is 0 Å². The number of fused-ring (bicyclic) bond motifs is 1. The van der Waals surface area contributed by atoms with Crippen molar-refractivity contribution in [3.63, 3.8) is 0 Å². The van der Waals surface area contributed by atoms with E-state index in [0.717, 1.165) is 33.8 Å². The molecule has 1 fully saturated rings. The molecule has 0 aliphatic carbocycles. The second-order valence-electron chi connectivity index (χ2n) is 7.97. The third kappa shape index (κ3) is 4.49. The lowest BCUT2D eigenvalue weighted by Gasteiger charge is -2.32. The molecule has 33 heavy (non-hydrogen) atoms. The van der Waals surface area contributed by atoms with Crippen molar-refractivity contribution < 1.29 is 26.4 Å². The highest BCUT2D eigenvalue weighted by Crippen LogP contribution is 2.32. The van der Waals surface area contributed by atoms with E-state index in [-0.39, 0.29) is 16.1 Å². The molecule has 0 saturated carbocycles. The molecule has 0 unspecified atom stereocenters. The van der Waals surface area contributed by atoms with Crippen LogP contribution in [-0.2, 0) is 22.0 Å². The number of halogens is 3. The van der Waals surface area contributed by atoms with Gasteiger partial charge in [0.2, 0.25) is 0 Å². The largest absolute Gasteiger partial charge is 0.416 e. The van der Waals surface area contributed by atoms with Crippen molar-refractivity contribution >= 4 is 39.5 Å². The second-order valence-corrected chi connectivity index (χ2v) is 10.1. The minimum absolute atomic E-state index is 0.0502. The number of amides is 1. The Bertz CT molecular complexity index is 1290. The molecule has 1 aliphatic heterocycles.